The van der Waals surface area contributed by atoms with Crippen LogP contribution in [0.2, 0.25) is 5.02 Å². The fourth-order valence-corrected chi connectivity index (χ4v) is 4.41. The van der Waals surface area contributed by atoms with Gasteiger partial charge in [0.25, 0.3) is 0 Å². The van der Waals surface area contributed by atoms with Gasteiger partial charge in [0.2, 0.25) is 0 Å². The van der Waals surface area contributed by atoms with Gasteiger partial charge in [0, 0.05) is 17.3 Å². The molecule has 34 heavy (non-hydrogen) atoms. The zero-order valence-corrected chi connectivity index (χ0v) is 24.3. The van der Waals surface area contributed by atoms with Crippen molar-refractivity contribution in [2.45, 2.75) is 63.8 Å². The van der Waals surface area contributed by atoms with Crippen LogP contribution in [0.15, 0.2) is 30.5 Å². The minimum absolute atomic E-state index is 0. The summed E-state index contributed by atoms with van der Waals surface area (Å²) < 4.78 is 17.4. The molecule has 2 saturated heterocycles. The number of aliphatic hydroxyl groups is 2. The van der Waals surface area contributed by atoms with Crippen LogP contribution in [0.25, 0.3) is 5.32 Å². The standard InChI is InChI=1S/C17H23ClO5.C7H10N3.K/c1-17(2)22-13-9-21-16(15(13)23-17)14(20)12-6-5-11(18)8-10(12)4-3-7-19;1-5(8)6-3-4-10-7(6)9-2;/h5-6,8,13-16,19-20H,3-4,7,9H2,1-2H3;3-4,8,10H,1-2H3;/q;-1;+1. The summed E-state index contributed by atoms with van der Waals surface area (Å²) in [7, 11) is 1.71. The van der Waals surface area contributed by atoms with Gasteiger partial charge in [0.1, 0.15) is 24.4 Å². The predicted molar refractivity (Wildman–Crippen MR) is 128 cm³/mol. The van der Waals surface area contributed by atoms with Crippen LogP contribution in [0.4, 0.5) is 5.82 Å². The minimum atomic E-state index is -0.826. The smallest absolute Gasteiger partial charge is 0.469 e. The number of aliphatic hydroxyl groups excluding tert-OH is 2. The quantitative estimate of drug-likeness (QED) is 0.325. The average Bonchev–Trinajstić information content (AvgIpc) is 3.45. The Morgan fingerprint density at radius 1 is 1.32 bits per heavy atom. The first-order valence-electron chi connectivity index (χ1n) is 11.0. The third-order valence-electron chi connectivity index (χ3n) is 5.69. The minimum Gasteiger partial charge on any atom is -0.469 e. The molecule has 4 rings (SSSR count). The molecule has 10 heteroatoms. The number of hydrogen-bond donors (Lipinski definition) is 4. The second kappa shape index (κ2) is 13.3. The fraction of sp³-hybridized carbons (Fsp3) is 0.542. The summed E-state index contributed by atoms with van der Waals surface area (Å²) in [5, 5.41) is 31.8. The van der Waals surface area contributed by atoms with Crippen LogP contribution in [0.1, 0.15) is 50.0 Å². The van der Waals surface area contributed by atoms with E-state index in [9.17, 15) is 5.11 Å². The number of ether oxygens (including phenoxy) is 3. The molecule has 182 valence electrons. The van der Waals surface area contributed by atoms with Crippen LogP contribution in [0.3, 0.4) is 0 Å². The second-order valence-corrected chi connectivity index (χ2v) is 9.08. The molecular formula is C24H33ClKN3O5. The topological polar surface area (TPSA) is 122 Å². The van der Waals surface area contributed by atoms with Gasteiger partial charge in [0.05, 0.1) is 6.61 Å². The van der Waals surface area contributed by atoms with E-state index in [4.69, 9.17) is 36.3 Å². The Balaban J connectivity index is 0.000000314. The third kappa shape index (κ3) is 7.36. The fourth-order valence-electron chi connectivity index (χ4n) is 4.22. The summed E-state index contributed by atoms with van der Waals surface area (Å²) >= 11 is 6.07. The molecule has 8 nitrogen and oxygen atoms in total. The van der Waals surface area contributed by atoms with Crippen molar-refractivity contribution >= 4 is 23.1 Å². The molecule has 0 spiro atoms. The number of H-pyrrole nitrogens is 1. The van der Waals surface area contributed by atoms with Gasteiger partial charge in [-0.3, -0.25) is 0 Å². The number of hydrogen-bond acceptors (Lipinski definition) is 6. The molecule has 3 heterocycles. The van der Waals surface area contributed by atoms with E-state index in [0.29, 0.717) is 30.2 Å². The van der Waals surface area contributed by atoms with Crippen molar-refractivity contribution in [3.8, 4) is 0 Å². The molecular weight excluding hydrogens is 485 g/mol. The van der Waals surface area contributed by atoms with Gasteiger partial charge in [-0.05, 0) is 62.4 Å². The number of aryl methyl sites for hydroxylation is 1. The summed E-state index contributed by atoms with van der Waals surface area (Å²) in [6.07, 6.45) is 1.30. The second-order valence-electron chi connectivity index (χ2n) is 8.64. The number of benzene rings is 1. The predicted octanol–water partition coefficient (Wildman–Crippen LogP) is 1.26. The van der Waals surface area contributed by atoms with Gasteiger partial charge >= 0.3 is 51.4 Å². The van der Waals surface area contributed by atoms with Crippen LogP contribution < -0.4 is 51.4 Å². The van der Waals surface area contributed by atoms with Crippen molar-refractivity contribution in [3.63, 3.8) is 0 Å². The summed E-state index contributed by atoms with van der Waals surface area (Å²) in [6.45, 7) is 5.98. The van der Waals surface area contributed by atoms with E-state index >= 15 is 0 Å². The van der Waals surface area contributed by atoms with Crippen molar-refractivity contribution in [2.75, 3.05) is 20.3 Å². The first-order valence-corrected chi connectivity index (χ1v) is 11.4. The third-order valence-corrected chi connectivity index (χ3v) is 5.93. The summed E-state index contributed by atoms with van der Waals surface area (Å²) in [5.74, 6) is 0.129. The molecule has 0 aliphatic carbocycles. The Morgan fingerprint density at radius 3 is 2.68 bits per heavy atom. The van der Waals surface area contributed by atoms with Crippen molar-refractivity contribution in [3.05, 3.63) is 57.5 Å². The number of fused-ring (bicyclic) bond motifs is 1. The molecule has 4 atom stereocenters. The van der Waals surface area contributed by atoms with E-state index in [-0.39, 0.29) is 70.2 Å². The molecule has 0 radical (unpaired) electrons. The number of halogens is 1. The van der Waals surface area contributed by atoms with Gasteiger partial charge in [0.15, 0.2) is 5.79 Å². The molecule has 0 saturated carbocycles. The molecule has 2 aromatic rings. The largest absolute Gasteiger partial charge is 1.00 e. The van der Waals surface area contributed by atoms with Crippen molar-refractivity contribution in [1.82, 2.24) is 4.98 Å². The zero-order chi connectivity index (χ0) is 24.2. The van der Waals surface area contributed by atoms with Crippen molar-refractivity contribution in [1.29, 1.82) is 5.41 Å². The van der Waals surface area contributed by atoms with Crippen LogP contribution in [0, 0.1) is 5.41 Å². The molecule has 1 aromatic heterocycles. The molecule has 4 N–H and O–H groups in total. The molecule has 0 amide bonds. The SMILES string of the molecule is CC1(C)OC2COC(C(O)c3ccc(Cl)cc3CCCO)C2O1.C[N-]c1[nH]ccc1C(C)=N.[K+]. The average molecular weight is 518 g/mol. The first-order chi connectivity index (χ1) is 15.7. The molecule has 0 bridgehead atoms. The van der Waals surface area contributed by atoms with Crippen LogP contribution in [-0.4, -0.2) is 65.3 Å². The summed E-state index contributed by atoms with van der Waals surface area (Å²) in [4.78, 5) is 2.93. The molecule has 2 aliphatic rings. The maximum Gasteiger partial charge on any atom is 1.00 e. The van der Waals surface area contributed by atoms with Crippen LogP contribution in [-0.2, 0) is 20.6 Å². The maximum absolute atomic E-state index is 10.8. The van der Waals surface area contributed by atoms with Gasteiger partial charge in [-0.1, -0.05) is 42.8 Å². The maximum atomic E-state index is 10.8. The number of rotatable bonds is 7. The van der Waals surface area contributed by atoms with E-state index in [1.807, 2.05) is 32.0 Å². The van der Waals surface area contributed by atoms with Gasteiger partial charge in [-0.25, -0.2) is 0 Å². The van der Waals surface area contributed by atoms with Crippen molar-refractivity contribution in [2.24, 2.45) is 0 Å². The van der Waals surface area contributed by atoms with Gasteiger partial charge in [-0.15, -0.1) is 0 Å². The van der Waals surface area contributed by atoms with E-state index in [1.165, 1.54) is 0 Å². The van der Waals surface area contributed by atoms with Crippen LogP contribution in [0.5, 0.6) is 0 Å². The summed E-state index contributed by atoms with van der Waals surface area (Å²) in [5.41, 5.74) is 3.11. The zero-order valence-electron chi connectivity index (χ0n) is 20.5. The van der Waals surface area contributed by atoms with Gasteiger partial charge in [-0.2, -0.15) is 0 Å². The van der Waals surface area contributed by atoms with Gasteiger partial charge < -0.3 is 40.1 Å². The number of nitrogens with zero attached hydrogens (tertiary/aromatic N) is 1. The Kier molecular flexibility index (Phi) is 11.7. The van der Waals surface area contributed by atoms with Crippen molar-refractivity contribution < 1.29 is 75.8 Å². The number of aromatic nitrogens is 1. The Hall–Kier alpha value is -0.304. The molecule has 2 aliphatic heterocycles. The summed E-state index contributed by atoms with van der Waals surface area (Å²) in [6, 6.07) is 7.26. The Bertz CT molecular complexity index is 954. The number of nitrogens with one attached hydrogen (secondary N) is 2. The van der Waals surface area contributed by atoms with E-state index < -0.39 is 18.0 Å². The van der Waals surface area contributed by atoms with Crippen LogP contribution >= 0.6 is 11.6 Å². The normalized spacial score (nSPS) is 23.3. The number of aromatic amines is 1. The Morgan fingerprint density at radius 2 is 2.06 bits per heavy atom. The monoisotopic (exact) mass is 517 g/mol. The van der Waals surface area contributed by atoms with E-state index in [2.05, 4.69) is 10.3 Å². The van der Waals surface area contributed by atoms with E-state index in [1.54, 1.807) is 26.2 Å². The Labute approximate surface area is 248 Å². The van der Waals surface area contributed by atoms with E-state index in [0.717, 1.165) is 22.5 Å². The first kappa shape index (κ1) is 29.9. The molecule has 4 unspecified atom stereocenters. The molecule has 2 fully saturated rings. The molecule has 1 aromatic carbocycles.